The van der Waals surface area contributed by atoms with Crippen molar-refractivity contribution in [2.45, 2.75) is 44.3 Å². The van der Waals surface area contributed by atoms with E-state index in [0.717, 1.165) is 18.4 Å². The maximum Gasteiger partial charge on any atom is 0.321 e. The Hall–Kier alpha value is -2.53. The van der Waals surface area contributed by atoms with Crippen molar-refractivity contribution in [1.29, 1.82) is 0 Å². The van der Waals surface area contributed by atoms with E-state index >= 15 is 0 Å². The number of fused-ring (bicyclic) bond motifs is 2. The summed E-state index contributed by atoms with van der Waals surface area (Å²) in [6.07, 6.45) is 1.92. The van der Waals surface area contributed by atoms with Crippen molar-refractivity contribution >= 4 is 11.8 Å². The summed E-state index contributed by atoms with van der Waals surface area (Å²) in [5, 5.41) is 0. The van der Waals surface area contributed by atoms with Crippen molar-refractivity contribution in [2.24, 2.45) is 5.41 Å². The number of rotatable bonds is 5. The Bertz CT molecular complexity index is 884. The molecule has 0 unspecified atom stereocenters. The molecule has 0 amide bonds. The van der Waals surface area contributed by atoms with E-state index in [0.29, 0.717) is 18.5 Å². The summed E-state index contributed by atoms with van der Waals surface area (Å²) >= 11 is 0. The van der Waals surface area contributed by atoms with Crippen molar-refractivity contribution in [1.82, 2.24) is 4.90 Å². The van der Waals surface area contributed by atoms with Crippen LogP contribution in [-0.2, 0) is 27.3 Å². The highest BCUT2D eigenvalue weighted by Gasteiger charge is 2.61. The van der Waals surface area contributed by atoms with Gasteiger partial charge in [0.15, 0.2) is 5.78 Å². The fourth-order valence-corrected chi connectivity index (χ4v) is 4.96. The van der Waals surface area contributed by atoms with Gasteiger partial charge in [-0.25, -0.2) is 4.39 Å². The number of ketones is 1. The smallest absolute Gasteiger partial charge is 0.321 e. The quantitative estimate of drug-likeness (QED) is 0.587. The van der Waals surface area contributed by atoms with Crippen LogP contribution in [0, 0.1) is 11.2 Å². The highest BCUT2D eigenvalue weighted by Crippen LogP contribution is 2.48. The monoisotopic (exact) mass is 381 g/mol. The van der Waals surface area contributed by atoms with Gasteiger partial charge in [-0.15, -0.1) is 0 Å². The molecule has 2 aliphatic heterocycles. The molecule has 2 heterocycles. The Morgan fingerprint density at radius 1 is 1.14 bits per heavy atom. The number of carbonyl (C=O) groups excluding carboxylic acids is 2. The number of piperidine rings is 1. The van der Waals surface area contributed by atoms with Crippen LogP contribution in [0.2, 0.25) is 0 Å². The normalized spacial score (nSPS) is 27.0. The first kappa shape index (κ1) is 18.8. The number of hydrogen-bond donors (Lipinski definition) is 0. The second-order valence-corrected chi connectivity index (χ2v) is 7.76. The van der Waals surface area contributed by atoms with E-state index in [9.17, 15) is 14.0 Å². The summed E-state index contributed by atoms with van der Waals surface area (Å²) in [5.41, 5.74) is 0.156. The Balaban J connectivity index is 1.74. The molecule has 0 aliphatic carbocycles. The van der Waals surface area contributed by atoms with Crippen LogP contribution < -0.4 is 0 Å². The summed E-state index contributed by atoms with van der Waals surface area (Å²) in [6.45, 7) is 0.666. The van der Waals surface area contributed by atoms with Crippen LogP contribution in [0.1, 0.15) is 30.4 Å². The summed E-state index contributed by atoms with van der Waals surface area (Å²) < 4.78 is 19.5. The van der Waals surface area contributed by atoms with Crippen LogP contribution in [0.15, 0.2) is 54.6 Å². The van der Waals surface area contributed by atoms with E-state index in [4.69, 9.17) is 4.74 Å². The van der Waals surface area contributed by atoms with E-state index in [1.807, 2.05) is 30.3 Å². The van der Waals surface area contributed by atoms with Gasteiger partial charge in [-0.2, -0.15) is 0 Å². The Labute approximate surface area is 164 Å². The lowest BCUT2D eigenvalue weighted by Crippen LogP contribution is -2.61. The lowest BCUT2D eigenvalue weighted by molar-refractivity contribution is -0.167. The third kappa shape index (κ3) is 3.04. The molecule has 0 spiro atoms. The first-order valence-electron chi connectivity index (χ1n) is 9.71. The highest BCUT2D eigenvalue weighted by molar-refractivity contribution is 6.06. The van der Waals surface area contributed by atoms with Crippen molar-refractivity contribution in [3.8, 4) is 0 Å². The number of halogens is 1. The first-order valence-corrected chi connectivity index (χ1v) is 9.71. The molecule has 28 heavy (non-hydrogen) atoms. The number of esters is 1. The zero-order valence-corrected chi connectivity index (χ0v) is 15.9. The Morgan fingerprint density at radius 3 is 2.57 bits per heavy atom. The standard InChI is InChI=1S/C23H24FNO3/c1-28-22(27)23(14-17-9-5-6-10-19(17)24)20-12-11-18(13-21(23)26)25(20)15-16-7-3-2-4-8-16/h2-10,18,20H,11-15H2,1H3/t18-,20+,23-/m1/s1. The maximum absolute atomic E-state index is 14.4. The van der Waals surface area contributed by atoms with Crippen LogP contribution in [0.3, 0.4) is 0 Å². The number of methoxy groups -OCH3 is 1. The van der Waals surface area contributed by atoms with Crippen molar-refractivity contribution in [2.75, 3.05) is 7.11 Å². The molecule has 2 aliphatic rings. The van der Waals surface area contributed by atoms with Gasteiger partial charge in [0, 0.05) is 25.0 Å². The minimum absolute atomic E-state index is 0.0356. The largest absolute Gasteiger partial charge is 0.468 e. The van der Waals surface area contributed by atoms with Crippen LogP contribution >= 0.6 is 0 Å². The maximum atomic E-state index is 14.4. The number of carbonyl (C=O) groups is 2. The molecule has 5 heteroatoms. The van der Waals surface area contributed by atoms with E-state index in [1.165, 1.54) is 13.2 Å². The highest BCUT2D eigenvalue weighted by atomic mass is 19.1. The molecular weight excluding hydrogens is 357 g/mol. The van der Waals surface area contributed by atoms with Crippen LogP contribution in [0.25, 0.3) is 0 Å². The molecule has 2 fully saturated rings. The number of Topliss-reactive ketones (excluding diaryl/α,β-unsaturated/α-hetero) is 1. The lowest BCUT2D eigenvalue weighted by Gasteiger charge is -2.45. The molecule has 0 radical (unpaired) electrons. The fourth-order valence-electron chi connectivity index (χ4n) is 4.96. The SMILES string of the molecule is COC(=O)[C@@]1(Cc2ccccc2F)C(=O)C[C@H]2CC[C@@H]1N2Cc1ccccc1. The number of benzene rings is 2. The van der Waals surface area contributed by atoms with Crippen molar-refractivity contribution in [3.63, 3.8) is 0 Å². The third-order valence-corrected chi connectivity index (χ3v) is 6.31. The van der Waals surface area contributed by atoms with Crippen molar-refractivity contribution < 1.29 is 18.7 Å². The third-order valence-electron chi connectivity index (χ3n) is 6.31. The molecule has 2 bridgehead atoms. The van der Waals surface area contributed by atoms with Crippen LogP contribution in [-0.4, -0.2) is 35.8 Å². The van der Waals surface area contributed by atoms with E-state index in [-0.39, 0.29) is 24.3 Å². The predicted octanol–water partition coefficient (Wildman–Crippen LogP) is 3.53. The number of hydrogen-bond acceptors (Lipinski definition) is 4. The molecular formula is C23H24FNO3. The minimum Gasteiger partial charge on any atom is -0.468 e. The fraction of sp³-hybridized carbons (Fsp3) is 0.391. The van der Waals surface area contributed by atoms with Gasteiger partial charge in [0.25, 0.3) is 0 Å². The summed E-state index contributed by atoms with van der Waals surface area (Å²) in [5.74, 6) is -1.07. The average Bonchev–Trinajstić information content (AvgIpc) is 3.02. The predicted molar refractivity (Wildman–Crippen MR) is 103 cm³/mol. The molecule has 3 atom stereocenters. The van der Waals surface area contributed by atoms with E-state index in [1.54, 1.807) is 18.2 Å². The lowest BCUT2D eigenvalue weighted by atomic mass is 9.68. The van der Waals surface area contributed by atoms with Gasteiger partial charge < -0.3 is 4.74 Å². The van der Waals surface area contributed by atoms with Crippen molar-refractivity contribution in [3.05, 3.63) is 71.5 Å². The summed E-state index contributed by atoms with van der Waals surface area (Å²) in [4.78, 5) is 28.5. The van der Waals surface area contributed by atoms with Gasteiger partial charge in [-0.3, -0.25) is 14.5 Å². The minimum atomic E-state index is -1.36. The van der Waals surface area contributed by atoms with Gasteiger partial charge >= 0.3 is 5.97 Å². The first-order chi connectivity index (χ1) is 13.6. The molecule has 4 rings (SSSR count). The van der Waals surface area contributed by atoms with Crippen LogP contribution in [0.5, 0.6) is 0 Å². The second-order valence-electron chi connectivity index (χ2n) is 7.76. The Morgan fingerprint density at radius 2 is 1.86 bits per heavy atom. The molecule has 0 N–H and O–H groups in total. The van der Waals surface area contributed by atoms with Gasteiger partial charge in [-0.1, -0.05) is 48.5 Å². The zero-order chi connectivity index (χ0) is 19.7. The zero-order valence-electron chi connectivity index (χ0n) is 15.9. The summed E-state index contributed by atoms with van der Waals surface area (Å²) in [7, 11) is 1.31. The van der Waals surface area contributed by atoms with E-state index in [2.05, 4.69) is 4.90 Å². The van der Waals surface area contributed by atoms with Gasteiger partial charge in [-0.05, 0) is 36.5 Å². The molecule has 2 aromatic carbocycles. The number of nitrogens with zero attached hydrogens (tertiary/aromatic N) is 1. The molecule has 0 aromatic heterocycles. The van der Waals surface area contributed by atoms with Gasteiger partial charge in [0.05, 0.1) is 7.11 Å². The Kier molecular flexibility index (Phi) is 5.02. The molecule has 4 nitrogen and oxygen atoms in total. The summed E-state index contributed by atoms with van der Waals surface area (Å²) in [6, 6.07) is 16.2. The topological polar surface area (TPSA) is 46.6 Å². The van der Waals surface area contributed by atoms with Crippen LogP contribution in [0.4, 0.5) is 4.39 Å². The van der Waals surface area contributed by atoms with Gasteiger partial charge in [0.1, 0.15) is 11.2 Å². The molecule has 0 saturated carbocycles. The molecule has 2 saturated heterocycles. The molecule has 2 aromatic rings. The molecule has 146 valence electrons. The average molecular weight is 381 g/mol. The van der Waals surface area contributed by atoms with E-state index < -0.39 is 17.2 Å². The van der Waals surface area contributed by atoms with Gasteiger partial charge in [0.2, 0.25) is 0 Å². The number of ether oxygens (including phenoxy) is 1. The second kappa shape index (κ2) is 7.47.